The van der Waals surface area contributed by atoms with Crippen LogP contribution in [0.1, 0.15) is 22.8 Å². The lowest BCUT2D eigenvalue weighted by Crippen LogP contribution is -2.55. The van der Waals surface area contributed by atoms with Crippen LogP contribution in [-0.2, 0) is 0 Å². The van der Waals surface area contributed by atoms with Crippen LogP contribution in [-0.4, -0.2) is 81.5 Å². The molecule has 228 valence electrons. The van der Waals surface area contributed by atoms with Crippen LogP contribution >= 0.6 is 11.6 Å². The van der Waals surface area contributed by atoms with Gasteiger partial charge in [-0.3, -0.25) is 9.20 Å². The Morgan fingerprint density at radius 2 is 1.93 bits per heavy atom. The Balaban J connectivity index is 1.30. The number of urea groups is 1. The third-order valence-electron chi connectivity index (χ3n) is 7.34. The molecule has 1 aliphatic heterocycles. The van der Waals surface area contributed by atoms with E-state index >= 15 is 0 Å². The van der Waals surface area contributed by atoms with Gasteiger partial charge in [-0.1, -0.05) is 11.6 Å². The van der Waals surface area contributed by atoms with Crippen molar-refractivity contribution in [1.82, 2.24) is 29.5 Å². The van der Waals surface area contributed by atoms with Crippen LogP contribution in [0.15, 0.2) is 48.9 Å². The van der Waals surface area contributed by atoms with E-state index in [1.165, 1.54) is 6.07 Å². The molecule has 0 spiro atoms. The van der Waals surface area contributed by atoms with Gasteiger partial charge in [-0.15, -0.1) is 0 Å². The molecule has 0 saturated carbocycles. The SMILES string of the molecule is Cc1cc(Nc2nccn3c(-c4ccc(OCC#N)c(F)c4Cl)cnc23)ccc1C(=O)N1CCN(C(=O)N[C@@H](C)CN)CC1. The number of nitriles is 1. The van der Waals surface area contributed by atoms with Crippen molar-refractivity contribution >= 4 is 40.7 Å². The summed E-state index contributed by atoms with van der Waals surface area (Å²) in [6.45, 7) is 5.49. The lowest BCUT2D eigenvalue weighted by molar-refractivity contribution is 0.0663. The predicted octanol–water partition coefficient (Wildman–Crippen LogP) is 3.96. The van der Waals surface area contributed by atoms with E-state index < -0.39 is 5.82 Å². The zero-order chi connectivity index (χ0) is 31.4. The van der Waals surface area contributed by atoms with Crippen molar-refractivity contribution in [2.75, 3.05) is 44.6 Å². The summed E-state index contributed by atoms with van der Waals surface area (Å²) in [5.41, 5.74) is 9.03. The molecule has 3 heterocycles. The van der Waals surface area contributed by atoms with Crippen LogP contribution < -0.4 is 21.1 Å². The van der Waals surface area contributed by atoms with Gasteiger partial charge in [0.05, 0.1) is 16.9 Å². The van der Waals surface area contributed by atoms with Gasteiger partial charge in [0.1, 0.15) is 6.07 Å². The second-order valence-corrected chi connectivity index (χ2v) is 10.7. The first kappa shape index (κ1) is 30.5. The molecule has 1 fully saturated rings. The van der Waals surface area contributed by atoms with Gasteiger partial charge >= 0.3 is 6.03 Å². The van der Waals surface area contributed by atoms with Crippen molar-refractivity contribution in [2.24, 2.45) is 5.73 Å². The normalized spacial score (nSPS) is 13.8. The monoisotopic (exact) mass is 619 g/mol. The van der Waals surface area contributed by atoms with Gasteiger partial charge in [0, 0.05) is 68.0 Å². The first-order valence-electron chi connectivity index (χ1n) is 13.9. The van der Waals surface area contributed by atoms with Gasteiger partial charge in [0.25, 0.3) is 5.91 Å². The van der Waals surface area contributed by atoms with Gasteiger partial charge < -0.3 is 30.9 Å². The Labute approximate surface area is 258 Å². The van der Waals surface area contributed by atoms with Crippen molar-refractivity contribution in [3.63, 3.8) is 0 Å². The summed E-state index contributed by atoms with van der Waals surface area (Å²) in [5, 5.41) is 14.7. The van der Waals surface area contributed by atoms with E-state index in [0.29, 0.717) is 66.7 Å². The highest BCUT2D eigenvalue weighted by molar-refractivity contribution is 6.33. The number of fused-ring (bicyclic) bond motifs is 1. The molecule has 2 aromatic heterocycles. The van der Waals surface area contributed by atoms with E-state index in [2.05, 4.69) is 20.6 Å². The third kappa shape index (κ3) is 6.22. The van der Waals surface area contributed by atoms with Crippen molar-refractivity contribution in [2.45, 2.75) is 19.9 Å². The first-order valence-corrected chi connectivity index (χ1v) is 14.3. The number of nitrogens with one attached hydrogen (secondary N) is 2. The summed E-state index contributed by atoms with van der Waals surface area (Å²) < 4.78 is 21.7. The van der Waals surface area contributed by atoms with Crippen LogP contribution in [0.5, 0.6) is 5.75 Å². The molecule has 12 nitrogen and oxygen atoms in total. The number of anilines is 2. The van der Waals surface area contributed by atoms with Crippen LogP contribution in [0.2, 0.25) is 5.02 Å². The zero-order valence-electron chi connectivity index (χ0n) is 24.2. The fourth-order valence-corrected chi connectivity index (χ4v) is 5.17. The van der Waals surface area contributed by atoms with Gasteiger partial charge in [-0.05, 0) is 49.7 Å². The molecule has 14 heteroatoms. The Bertz CT molecular complexity index is 1750. The number of nitrogens with two attached hydrogens (primary N) is 1. The Hall–Kier alpha value is -4.93. The minimum absolute atomic E-state index is 0.101. The van der Waals surface area contributed by atoms with E-state index in [4.69, 9.17) is 27.3 Å². The lowest BCUT2D eigenvalue weighted by atomic mass is 10.1. The highest BCUT2D eigenvalue weighted by atomic mass is 35.5. The maximum atomic E-state index is 14.8. The Morgan fingerprint density at radius 3 is 2.64 bits per heavy atom. The molecule has 1 atom stereocenters. The van der Waals surface area contributed by atoms with E-state index in [-0.39, 0.29) is 35.4 Å². The second kappa shape index (κ2) is 13.2. The molecule has 0 unspecified atom stereocenters. The number of halogens is 2. The summed E-state index contributed by atoms with van der Waals surface area (Å²) >= 11 is 6.33. The molecule has 4 aromatic rings. The number of piperazine rings is 1. The predicted molar refractivity (Wildman–Crippen MR) is 163 cm³/mol. The number of rotatable bonds is 8. The minimum atomic E-state index is -0.767. The number of aromatic nitrogens is 3. The summed E-state index contributed by atoms with van der Waals surface area (Å²) in [6.07, 6.45) is 4.83. The number of nitrogens with zero attached hydrogens (tertiary/aromatic N) is 6. The molecule has 2 aromatic carbocycles. The van der Waals surface area contributed by atoms with E-state index in [1.807, 2.05) is 19.9 Å². The van der Waals surface area contributed by atoms with E-state index in [1.54, 1.807) is 57.1 Å². The third-order valence-corrected chi connectivity index (χ3v) is 7.71. The molecule has 0 aliphatic carbocycles. The van der Waals surface area contributed by atoms with Crippen molar-refractivity contribution in [1.29, 1.82) is 5.26 Å². The second-order valence-electron chi connectivity index (χ2n) is 10.3. The van der Waals surface area contributed by atoms with Crippen LogP contribution in [0.4, 0.5) is 20.7 Å². The minimum Gasteiger partial charge on any atom is -0.476 e. The maximum Gasteiger partial charge on any atom is 0.317 e. The molecule has 5 rings (SSSR count). The van der Waals surface area contributed by atoms with Crippen LogP contribution in [0, 0.1) is 24.1 Å². The number of ether oxygens (including phenoxy) is 1. The Morgan fingerprint density at radius 1 is 1.18 bits per heavy atom. The largest absolute Gasteiger partial charge is 0.476 e. The van der Waals surface area contributed by atoms with Gasteiger partial charge in [-0.25, -0.2) is 19.2 Å². The van der Waals surface area contributed by atoms with Crippen molar-refractivity contribution < 1.29 is 18.7 Å². The molecule has 0 radical (unpaired) electrons. The van der Waals surface area contributed by atoms with E-state index in [0.717, 1.165) is 5.56 Å². The highest BCUT2D eigenvalue weighted by Gasteiger charge is 2.26. The van der Waals surface area contributed by atoms with Crippen LogP contribution in [0.3, 0.4) is 0 Å². The molecular weight excluding hydrogens is 589 g/mol. The summed E-state index contributed by atoms with van der Waals surface area (Å²) in [5.74, 6) is -0.536. The maximum absolute atomic E-state index is 14.8. The number of carbonyl (C=O) groups is 2. The quantitative estimate of drug-likeness (QED) is 0.268. The van der Waals surface area contributed by atoms with Gasteiger partial charge in [0.2, 0.25) is 0 Å². The standard InChI is InChI=1S/C30H31ClFN9O3/c1-18-15-20(3-4-21(18)29(42)39-10-12-40(13-11-39)30(43)37-19(2)16-34)38-27-28-36-17-23(41(28)9-8-35-27)22-5-6-24(44-14-7-33)26(32)25(22)31/h3-6,8-9,15,17,19H,10-14,16,34H2,1-2H3,(H,35,38)(H,37,43)/t19-/m0/s1. The number of benzene rings is 2. The van der Waals surface area contributed by atoms with Gasteiger partial charge in [0.15, 0.2) is 29.6 Å². The first-order chi connectivity index (χ1) is 21.2. The lowest BCUT2D eigenvalue weighted by Gasteiger charge is -2.35. The average molecular weight is 620 g/mol. The molecule has 1 aliphatic rings. The number of aryl methyl sites for hydroxylation is 1. The number of carbonyl (C=O) groups excluding carboxylic acids is 2. The number of imidazole rings is 1. The highest BCUT2D eigenvalue weighted by Crippen LogP contribution is 2.36. The van der Waals surface area contributed by atoms with Crippen molar-refractivity contribution in [3.8, 4) is 23.1 Å². The Kier molecular flexibility index (Phi) is 9.12. The van der Waals surface area contributed by atoms with E-state index in [9.17, 15) is 14.0 Å². The molecular formula is C30H31ClFN9O3. The summed E-state index contributed by atoms with van der Waals surface area (Å²) in [7, 11) is 0. The fourth-order valence-electron chi connectivity index (χ4n) is 4.92. The zero-order valence-corrected chi connectivity index (χ0v) is 24.9. The topological polar surface area (TPSA) is 154 Å². The average Bonchev–Trinajstić information content (AvgIpc) is 3.46. The summed E-state index contributed by atoms with van der Waals surface area (Å²) in [6, 6.07) is 9.93. The van der Waals surface area contributed by atoms with Gasteiger partial charge in [-0.2, -0.15) is 5.26 Å². The molecule has 4 N–H and O–H groups in total. The molecule has 3 amide bonds. The smallest absolute Gasteiger partial charge is 0.317 e. The van der Waals surface area contributed by atoms with Crippen molar-refractivity contribution in [3.05, 3.63) is 70.9 Å². The van der Waals surface area contributed by atoms with Crippen LogP contribution in [0.25, 0.3) is 16.9 Å². The summed E-state index contributed by atoms with van der Waals surface area (Å²) in [4.78, 5) is 38.1. The number of hydrogen-bond donors (Lipinski definition) is 3. The fraction of sp³-hybridized carbons (Fsp3) is 0.300. The molecule has 44 heavy (non-hydrogen) atoms. The number of amides is 3. The molecule has 0 bridgehead atoms. The number of hydrogen-bond acceptors (Lipinski definition) is 8. The molecule has 1 saturated heterocycles.